The Hall–Kier alpha value is -0.680. The molecule has 1 rings (SSSR count). The van der Waals surface area contributed by atoms with E-state index in [1.807, 2.05) is 6.92 Å². The number of halogens is 1. The van der Waals surface area contributed by atoms with E-state index in [-0.39, 0.29) is 0 Å². The molecule has 0 atom stereocenters. The highest BCUT2D eigenvalue weighted by Gasteiger charge is 2.08. The van der Waals surface area contributed by atoms with Crippen molar-refractivity contribution in [1.82, 2.24) is 9.97 Å². The van der Waals surface area contributed by atoms with Crippen molar-refractivity contribution in [3.63, 3.8) is 0 Å². The molecule has 0 amide bonds. The predicted octanol–water partition coefficient (Wildman–Crippen LogP) is 3.30. The zero-order valence-corrected chi connectivity index (χ0v) is 12.3. The molecule has 1 N–H and O–H groups in total. The number of hydrogen-bond donors (Lipinski definition) is 1. The average molecular weight is 302 g/mol. The lowest BCUT2D eigenvalue weighted by atomic mass is 10.4. The maximum absolute atomic E-state index is 5.46. The number of ether oxygens (including phenoxy) is 1. The Morgan fingerprint density at radius 1 is 1.24 bits per heavy atom. The van der Waals surface area contributed by atoms with Crippen molar-refractivity contribution < 1.29 is 4.74 Å². The van der Waals surface area contributed by atoms with E-state index in [1.165, 1.54) is 0 Å². The lowest BCUT2D eigenvalue weighted by Crippen LogP contribution is -2.09. The Morgan fingerprint density at radius 2 is 2.00 bits per heavy atom. The number of aryl methyl sites for hydroxylation is 1. The van der Waals surface area contributed by atoms with Crippen molar-refractivity contribution in [2.45, 2.75) is 40.2 Å². The minimum Gasteiger partial charge on any atom is -0.373 e. The van der Waals surface area contributed by atoms with Crippen molar-refractivity contribution in [2.24, 2.45) is 0 Å². The van der Waals surface area contributed by atoms with E-state index in [0.29, 0.717) is 6.61 Å². The number of nitrogens with one attached hydrogen (secondary N) is 1. The quantitative estimate of drug-likeness (QED) is 0.785. The maximum Gasteiger partial charge on any atom is 0.156 e. The minimum absolute atomic E-state index is 0.475. The second-order valence-electron chi connectivity index (χ2n) is 3.87. The summed E-state index contributed by atoms with van der Waals surface area (Å²) in [6, 6.07) is 0. The van der Waals surface area contributed by atoms with E-state index in [1.54, 1.807) is 0 Å². The molecule has 1 aromatic heterocycles. The van der Waals surface area contributed by atoms with Crippen LogP contribution < -0.4 is 5.32 Å². The van der Waals surface area contributed by atoms with Crippen LogP contribution in [0.3, 0.4) is 0 Å². The predicted molar refractivity (Wildman–Crippen MR) is 73.2 cm³/mol. The van der Waals surface area contributed by atoms with Crippen LogP contribution >= 0.6 is 15.9 Å². The summed E-state index contributed by atoms with van der Waals surface area (Å²) < 4.78 is 6.39. The molecule has 0 saturated carbocycles. The van der Waals surface area contributed by atoms with Crippen molar-refractivity contribution in [2.75, 3.05) is 18.5 Å². The SMILES string of the molecule is CCCNc1nc(COCCC)nc(C)c1Br. The number of rotatable bonds is 7. The summed E-state index contributed by atoms with van der Waals surface area (Å²) in [6.07, 6.45) is 2.08. The van der Waals surface area contributed by atoms with E-state index >= 15 is 0 Å². The van der Waals surface area contributed by atoms with Gasteiger partial charge in [0.15, 0.2) is 5.82 Å². The molecular weight excluding hydrogens is 282 g/mol. The van der Waals surface area contributed by atoms with Gasteiger partial charge in [0, 0.05) is 13.2 Å². The normalized spacial score (nSPS) is 10.6. The molecular formula is C12H20BrN3O. The largest absolute Gasteiger partial charge is 0.373 e. The fourth-order valence-corrected chi connectivity index (χ4v) is 1.67. The van der Waals surface area contributed by atoms with Crippen LogP contribution in [0.1, 0.15) is 38.2 Å². The van der Waals surface area contributed by atoms with E-state index in [9.17, 15) is 0 Å². The molecule has 1 heterocycles. The van der Waals surface area contributed by atoms with Gasteiger partial charge in [-0.05, 0) is 35.7 Å². The Labute approximate surface area is 111 Å². The van der Waals surface area contributed by atoms with Crippen LogP contribution in [0.5, 0.6) is 0 Å². The third-order valence-electron chi connectivity index (χ3n) is 2.19. The number of hydrogen-bond acceptors (Lipinski definition) is 4. The van der Waals surface area contributed by atoms with Crippen molar-refractivity contribution in [3.8, 4) is 0 Å². The molecule has 0 bridgehead atoms. The van der Waals surface area contributed by atoms with Gasteiger partial charge in [0.1, 0.15) is 12.4 Å². The van der Waals surface area contributed by atoms with Gasteiger partial charge in [-0.3, -0.25) is 0 Å². The fraction of sp³-hybridized carbons (Fsp3) is 0.667. The molecule has 0 radical (unpaired) electrons. The monoisotopic (exact) mass is 301 g/mol. The van der Waals surface area contributed by atoms with Crippen LogP contribution in [0, 0.1) is 6.92 Å². The molecule has 96 valence electrons. The molecule has 0 aromatic carbocycles. The molecule has 17 heavy (non-hydrogen) atoms. The van der Waals surface area contributed by atoms with Crippen LogP contribution in [-0.2, 0) is 11.3 Å². The number of nitrogens with zero attached hydrogens (tertiary/aromatic N) is 2. The fourth-order valence-electron chi connectivity index (χ4n) is 1.35. The van der Waals surface area contributed by atoms with E-state index in [2.05, 4.69) is 45.1 Å². The summed E-state index contributed by atoms with van der Waals surface area (Å²) in [5, 5.41) is 3.28. The Morgan fingerprint density at radius 3 is 2.65 bits per heavy atom. The zero-order chi connectivity index (χ0) is 12.7. The van der Waals surface area contributed by atoms with Crippen LogP contribution in [0.25, 0.3) is 0 Å². The standard InChI is InChI=1S/C12H20BrN3O/c1-4-6-14-12-11(13)9(3)15-10(16-12)8-17-7-5-2/h4-8H2,1-3H3,(H,14,15,16). The lowest BCUT2D eigenvalue weighted by Gasteiger charge is -2.10. The Kier molecular flexibility index (Phi) is 6.44. The van der Waals surface area contributed by atoms with Gasteiger partial charge in [-0.2, -0.15) is 0 Å². The molecule has 5 heteroatoms. The van der Waals surface area contributed by atoms with E-state index in [4.69, 9.17) is 4.74 Å². The van der Waals surface area contributed by atoms with Crippen LogP contribution in [0.4, 0.5) is 5.82 Å². The Bertz CT molecular complexity index is 358. The smallest absolute Gasteiger partial charge is 0.156 e. The summed E-state index contributed by atoms with van der Waals surface area (Å²) in [5.74, 6) is 1.59. The maximum atomic E-state index is 5.46. The molecule has 0 spiro atoms. The molecule has 4 nitrogen and oxygen atoms in total. The van der Waals surface area contributed by atoms with Crippen LogP contribution in [-0.4, -0.2) is 23.1 Å². The topological polar surface area (TPSA) is 47.0 Å². The van der Waals surface area contributed by atoms with Crippen LogP contribution in [0.15, 0.2) is 4.47 Å². The molecule has 0 aliphatic heterocycles. The summed E-state index contributed by atoms with van der Waals surface area (Å²) in [7, 11) is 0. The van der Waals surface area contributed by atoms with Crippen LogP contribution in [0.2, 0.25) is 0 Å². The number of aromatic nitrogens is 2. The molecule has 0 unspecified atom stereocenters. The second-order valence-corrected chi connectivity index (χ2v) is 4.66. The molecule has 0 saturated heterocycles. The molecule has 0 aliphatic carbocycles. The second kappa shape index (κ2) is 7.61. The third kappa shape index (κ3) is 4.60. The first-order chi connectivity index (χ1) is 8.19. The van der Waals surface area contributed by atoms with Crippen molar-refractivity contribution >= 4 is 21.7 Å². The summed E-state index contributed by atoms with van der Waals surface area (Å²) in [6.45, 7) is 8.30. The first kappa shape index (κ1) is 14.4. The number of anilines is 1. The highest BCUT2D eigenvalue weighted by molar-refractivity contribution is 9.10. The first-order valence-electron chi connectivity index (χ1n) is 6.03. The highest BCUT2D eigenvalue weighted by atomic mass is 79.9. The Balaban J connectivity index is 2.74. The van der Waals surface area contributed by atoms with Crippen molar-refractivity contribution in [1.29, 1.82) is 0 Å². The molecule has 0 aliphatic rings. The van der Waals surface area contributed by atoms with Gasteiger partial charge in [-0.1, -0.05) is 13.8 Å². The minimum atomic E-state index is 0.475. The van der Waals surface area contributed by atoms with Gasteiger partial charge in [-0.15, -0.1) is 0 Å². The van der Waals surface area contributed by atoms with Gasteiger partial charge in [0.2, 0.25) is 0 Å². The molecule has 1 aromatic rings. The van der Waals surface area contributed by atoms with Gasteiger partial charge < -0.3 is 10.1 Å². The zero-order valence-electron chi connectivity index (χ0n) is 10.7. The van der Waals surface area contributed by atoms with Gasteiger partial charge >= 0.3 is 0 Å². The van der Waals surface area contributed by atoms with E-state index in [0.717, 1.165) is 47.8 Å². The van der Waals surface area contributed by atoms with Gasteiger partial charge in [0.05, 0.1) is 10.2 Å². The summed E-state index contributed by atoms with van der Waals surface area (Å²) in [5.41, 5.74) is 0.939. The van der Waals surface area contributed by atoms with Crippen molar-refractivity contribution in [3.05, 3.63) is 16.0 Å². The summed E-state index contributed by atoms with van der Waals surface area (Å²) in [4.78, 5) is 8.84. The average Bonchev–Trinajstić information content (AvgIpc) is 2.32. The molecule has 0 fully saturated rings. The highest BCUT2D eigenvalue weighted by Crippen LogP contribution is 2.23. The lowest BCUT2D eigenvalue weighted by molar-refractivity contribution is 0.116. The van der Waals surface area contributed by atoms with Gasteiger partial charge in [0.25, 0.3) is 0 Å². The van der Waals surface area contributed by atoms with E-state index < -0.39 is 0 Å². The van der Waals surface area contributed by atoms with Gasteiger partial charge in [-0.25, -0.2) is 9.97 Å². The summed E-state index contributed by atoms with van der Waals surface area (Å²) >= 11 is 3.50. The third-order valence-corrected chi connectivity index (χ3v) is 3.13. The first-order valence-corrected chi connectivity index (χ1v) is 6.83.